The van der Waals surface area contributed by atoms with E-state index in [-0.39, 0.29) is 11.8 Å². The minimum absolute atomic E-state index is 0.119. The van der Waals surface area contributed by atoms with Crippen molar-refractivity contribution in [2.45, 2.75) is 33.6 Å². The van der Waals surface area contributed by atoms with Crippen molar-refractivity contribution in [1.82, 2.24) is 19.7 Å². The molecule has 0 unspecified atom stereocenters. The molecule has 9 heteroatoms. The Morgan fingerprint density at radius 2 is 2.03 bits per heavy atom. The summed E-state index contributed by atoms with van der Waals surface area (Å²) in [5, 5.41) is 16.5. The molecule has 2 N–H and O–H groups in total. The van der Waals surface area contributed by atoms with Gasteiger partial charge in [-0.3, -0.25) is 15.2 Å². The molecule has 3 heterocycles. The molecule has 0 atom stereocenters. The molecule has 1 aliphatic carbocycles. The monoisotopic (exact) mass is 472 g/mol. The lowest BCUT2D eigenvalue weighted by Crippen LogP contribution is -2.08. The summed E-state index contributed by atoms with van der Waals surface area (Å²) in [7, 11) is 1.50. The highest BCUT2D eigenvalue weighted by Crippen LogP contribution is 2.44. The van der Waals surface area contributed by atoms with Gasteiger partial charge in [-0.15, -0.1) is 0 Å². The molecule has 0 saturated carbocycles. The molecule has 0 radical (unpaired) electrons. The number of thiazole rings is 1. The smallest absolute Gasteiger partial charge is 0.223 e. The molecular formula is C25H24N6O2S. The Bertz CT molecular complexity index is 1430. The second kappa shape index (κ2) is 8.49. The number of benzene rings is 1. The van der Waals surface area contributed by atoms with Gasteiger partial charge in [0.25, 0.3) is 0 Å². The SMILES string of the molecule is COC(=N)c1ccc(-n2nc(-c3ccc(C)nc3)c3c2-c2sc(NC(C)=O)nc2CC3)c(C)c1. The number of anilines is 1. The standard InChI is InChI=1S/C25H24N6O2S/c1-13-11-16(24(26)33-4)7-10-20(13)31-22-18(21(30-31)17-6-5-14(2)27-12-17)8-9-19-23(22)34-25(29-19)28-15(3)32/h5-7,10-12,26H,8-9H2,1-4H3,(H,28,29,32). The van der Waals surface area contributed by atoms with Crippen LogP contribution in [0, 0.1) is 19.3 Å². The number of carbonyl (C=O) groups excluding carboxylic acids is 1. The van der Waals surface area contributed by atoms with E-state index in [1.807, 2.05) is 49.0 Å². The van der Waals surface area contributed by atoms with E-state index in [1.165, 1.54) is 25.4 Å². The van der Waals surface area contributed by atoms with Gasteiger partial charge in [0, 0.05) is 35.5 Å². The fourth-order valence-electron chi connectivity index (χ4n) is 4.24. The van der Waals surface area contributed by atoms with Gasteiger partial charge in [-0.2, -0.15) is 5.10 Å². The van der Waals surface area contributed by atoms with E-state index in [9.17, 15) is 4.79 Å². The van der Waals surface area contributed by atoms with E-state index in [2.05, 4.69) is 21.4 Å². The predicted molar refractivity (Wildman–Crippen MR) is 133 cm³/mol. The van der Waals surface area contributed by atoms with Crippen molar-refractivity contribution in [1.29, 1.82) is 5.41 Å². The van der Waals surface area contributed by atoms with Crippen molar-refractivity contribution in [2.24, 2.45) is 0 Å². The first-order valence-electron chi connectivity index (χ1n) is 10.9. The van der Waals surface area contributed by atoms with Crippen LogP contribution in [0.5, 0.6) is 0 Å². The summed E-state index contributed by atoms with van der Waals surface area (Å²) >= 11 is 1.47. The number of hydrogen-bond acceptors (Lipinski definition) is 7. The summed E-state index contributed by atoms with van der Waals surface area (Å²) in [5.41, 5.74) is 8.50. The Morgan fingerprint density at radius 1 is 1.21 bits per heavy atom. The van der Waals surface area contributed by atoms with E-state index in [0.29, 0.717) is 10.7 Å². The normalized spacial score (nSPS) is 12.1. The highest BCUT2D eigenvalue weighted by molar-refractivity contribution is 7.19. The molecule has 0 aliphatic heterocycles. The van der Waals surface area contributed by atoms with Crippen LogP contribution in [0.4, 0.5) is 5.13 Å². The molecule has 3 aromatic heterocycles. The van der Waals surface area contributed by atoms with Crippen LogP contribution in [0.15, 0.2) is 36.5 Å². The lowest BCUT2D eigenvalue weighted by molar-refractivity contribution is -0.114. The molecule has 0 bridgehead atoms. The van der Waals surface area contributed by atoms with Crippen LogP contribution in [0.25, 0.3) is 27.5 Å². The summed E-state index contributed by atoms with van der Waals surface area (Å²) in [5.74, 6) is -0.0217. The third-order valence-electron chi connectivity index (χ3n) is 5.87. The van der Waals surface area contributed by atoms with Crippen LogP contribution in [0.3, 0.4) is 0 Å². The lowest BCUT2D eigenvalue weighted by atomic mass is 9.95. The van der Waals surface area contributed by atoms with Crippen molar-refractivity contribution in [3.05, 3.63) is 64.6 Å². The number of nitrogens with one attached hydrogen (secondary N) is 2. The first-order chi connectivity index (χ1) is 16.4. The Labute approximate surface area is 201 Å². The molecule has 0 saturated heterocycles. The average Bonchev–Trinajstić information content (AvgIpc) is 3.39. The Hall–Kier alpha value is -3.85. The Balaban J connectivity index is 1.72. The first kappa shape index (κ1) is 22.0. The molecule has 1 amide bonds. The molecular weight excluding hydrogens is 448 g/mol. The quantitative estimate of drug-likeness (QED) is 0.331. The summed E-state index contributed by atoms with van der Waals surface area (Å²) in [6.45, 7) is 5.46. The van der Waals surface area contributed by atoms with Gasteiger partial charge in [0.1, 0.15) is 0 Å². The van der Waals surface area contributed by atoms with Gasteiger partial charge in [-0.1, -0.05) is 11.3 Å². The molecule has 5 rings (SSSR count). The largest absolute Gasteiger partial charge is 0.481 e. The van der Waals surface area contributed by atoms with Crippen LogP contribution >= 0.6 is 11.3 Å². The number of ether oxygens (including phenoxy) is 1. The summed E-state index contributed by atoms with van der Waals surface area (Å²) < 4.78 is 7.06. The second-order valence-electron chi connectivity index (χ2n) is 8.29. The van der Waals surface area contributed by atoms with Crippen LogP contribution < -0.4 is 5.32 Å². The van der Waals surface area contributed by atoms with Crippen molar-refractivity contribution >= 4 is 28.3 Å². The fourth-order valence-corrected chi connectivity index (χ4v) is 5.36. The van der Waals surface area contributed by atoms with Crippen LogP contribution in [0.2, 0.25) is 0 Å². The van der Waals surface area contributed by atoms with Gasteiger partial charge >= 0.3 is 0 Å². The third kappa shape index (κ3) is 3.77. The number of aromatic nitrogens is 4. The maximum atomic E-state index is 11.6. The Kier molecular flexibility index (Phi) is 5.49. The third-order valence-corrected chi connectivity index (χ3v) is 6.89. The van der Waals surface area contributed by atoms with E-state index < -0.39 is 0 Å². The van der Waals surface area contributed by atoms with Crippen molar-refractivity contribution in [2.75, 3.05) is 12.4 Å². The van der Waals surface area contributed by atoms with Gasteiger partial charge < -0.3 is 10.1 Å². The lowest BCUT2D eigenvalue weighted by Gasteiger charge is -2.16. The minimum atomic E-state index is -0.140. The average molecular weight is 473 g/mol. The fraction of sp³-hybridized carbons (Fsp3) is 0.240. The van der Waals surface area contributed by atoms with Gasteiger partial charge in [-0.25, -0.2) is 9.67 Å². The molecule has 4 aromatic rings. The molecule has 0 spiro atoms. The van der Waals surface area contributed by atoms with Crippen LogP contribution in [-0.2, 0) is 22.4 Å². The van der Waals surface area contributed by atoms with Gasteiger partial charge in [0.2, 0.25) is 11.8 Å². The number of carbonyl (C=O) groups is 1. The van der Waals surface area contributed by atoms with E-state index >= 15 is 0 Å². The molecule has 8 nitrogen and oxygen atoms in total. The van der Waals surface area contributed by atoms with Crippen LogP contribution in [-0.4, -0.2) is 38.7 Å². The highest BCUT2D eigenvalue weighted by Gasteiger charge is 2.30. The zero-order valence-electron chi connectivity index (χ0n) is 19.4. The van der Waals surface area contributed by atoms with E-state index in [0.717, 1.165) is 62.9 Å². The molecule has 1 aliphatic rings. The van der Waals surface area contributed by atoms with Gasteiger partial charge in [0.15, 0.2) is 5.13 Å². The number of aryl methyl sites for hydroxylation is 3. The van der Waals surface area contributed by atoms with E-state index in [4.69, 9.17) is 15.2 Å². The van der Waals surface area contributed by atoms with Gasteiger partial charge in [0.05, 0.1) is 34.8 Å². The Morgan fingerprint density at radius 3 is 2.71 bits per heavy atom. The number of amides is 1. The summed E-state index contributed by atoms with van der Waals surface area (Å²) in [6.07, 6.45) is 3.43. The molecule has 1 aromatic carbocycles. The van der Waals surface area contributed by atoms with Crippen molar-refractivity contribution in [3.63, 3.8) is 0 Å². The molecule has 0 fully saturated rings. The number of fused-ring (bicyclic) bond motifs is 3. The maximum Gasteiger partial charge on any atom is 0.223 e. The predicted octanol–water partition coefficient (Wildman–Crippen LogP) is 4.70. The maximum absolute atomic E-state index is 11.6. The highest BCUT2D eigenvalue weighted by atomic mass is 32.1. The zero-order valence-corrected chi connectivity index (χ0v) is 20.2. The summed E-state index contributed by atoms with van der Waals surface area (Å²) in [4.78, 5) is 21.8. The van der Waals surface area contributed by atoms with Gasteiger partial charge in [-0.05, 0) is 62.6 Å². The number of methoxy groups -OCH3 is 1. The number of nitrogens with zero attached hydrogens (tertiary/aromatic N) is 4. The molecule has 34 heavy (non-hydrogen) atoms. The number of hydrogen-bond donors (Lipinski definition) is 2. The minimum Gasteiger partial charge on any atom is -0.481 e. The number of rotatable bonds is 4. The first-order valence-corrected chi connectivity index (χ1v) is 11.7. The van der Waals surface area contributed by atoms with Crippen molar-refractivity contribution < 1.29 is 9.53 Å². The topological polar surface area (TPSA) is 106 Å². The number of pyridine rings is 1. The van der Waals surface area contributed by atoms with E-state index in [1.54, 1.807) is 0 Å². The van der Waals surface area contributed by atoms with Crippen molar-refractivity contribution in [3.8, 4) is 27.5 Å². The zero-order chi connectivity index (χ0) is 24.0. The molecule has 172 valence electrons. The second-order valence-corrected chi connectivity index (χ2v) is 9.29. The summed E-state index contributed by atoms with van der Waals surface area (Å²) in [6, 6.07) is 9.81. The van der Waals surface area contributed by atoms with Crippen LogP contribution in [0.1, 0.15) is 35.0 Å².